The number of hydrogen-bond acceptors (Lipinski definition) is 6. The van der Waals surface area contributed by atoms with Gasteiger partial charge in [-0.15, -0.1) is 0 Å². The van der Waals surface area contributed by atoms with E-state index in [2.05, 4.69) is 22.2 Å². The Morgan fingerprint density at radius 1 is 1.17 bits per heavy atom. The summed E-state index contributed by atoms with van der Waals surface area (Å²) in [6.45, 7) is 6.80. The van der Waals surface area contributed by atoms with Crippen LogP contribution in [0.1, 0.15) is 17.5 Å². The molecule has 0 saturated carbocycles. The molecular weight excluding hydrogens is 392 g/mol. The zero-order valence-corrected chi connectivity index (χ0v) is 18.2. The minimum absolute atomic E-state index is 0.0445. The van der Waals surface area contributed by atoms with Crippen LogP contribution in [0, 0.1) is 0 Å². The molecule has 1 N–H and O–H groups in total. The summed E-state index contributed by atoms with van der Waals surface area (Å²) >= 11 is 0. The molecule has 0 radical (unpaired) electrons. The third-order valence-corrected chi connectivity index (χ3v) is 6.78. The van der Waals surface area contributed by atoms with Gasteiger partial charge in [-0.05, 0) is 25.1 Å². The number of piperazine rings is 1. The van der Waals surface area contributed by atoms with E-state index in [1.807, 2.05) is 18.2 Å². The second-order valence-corrected chi connectivity index (χ2v) is 9.86. The van der Waals surface area contributed by atoms with E-state index in [1.54, 1.807) is 0 Å². The van der Waals surface area contributed by atoms with Crippen LogP contribution in [0.2, 0.25) is 0 Å². The Hall–Kier alpha value is -1.68. The number of amides is 1. The van der Waals surface area contributed by atoms with Crippen molar-refractivity contribution in [2.75, 3.05) is 65.7 Å². The van der Waals surface area contributed by atoms with Gasteiger partial charge in [0.05, 0.1) is 6.26 Å². The standard InChI is InChI=1S/C20H32N4O4S/c1-22-9-11-23(12-10-22)8-7-21-20(25)6-4-17-3-5-19-18(15-17)16-24(13-14-28-19)29(2,26)27/h3,5,15H,4,6-14,16H2,1-2H3,(H,21,25). The number of sulfonamides is 1. The number of nitrogens with one attached hydrogen (secondary N) is 1. The highest BCUT2D eigenvalue weighted by atomic mass is 32.2. The zero-order chi connectivity index (χ0) is 20.9. The second-order valence-electron chi connectivity index (χ2n) is 7.88. The quantitative estimate of drug-likeness (QED) is 0.670. The number of carbonyl (C=O) groups excluding carboxylic acids is 1. The summed E-state index contributed by atoms with van der Waals surface area (Å²) in [6, 6.07) is 5.78. The fourth-order valence-electron chi connectivity index (χ4n) is 3.63. The number of hydrogen-bond donors (Lipinski definition) is 1. The molecule has 3 rings (SSSR count). The lowest BCUT2D eigenvalue weighted by Crippen LogP contribution is -2.46. The summed E-state index contributed by atoms with van der Waals surface area (Å²) in [5.74, 6) is 0.764. The van der Waals surface area contributed by atoms with Crippen molar-refractivity contribution in [3.63, 3.8) is 0 Å². The van der Waals surface area contributed by atoms with Crippen molar-refractivity contribution in [2.45, 2.75) is 19.4 Å². The first kappa shape index (κ1) is 22.0. The smallest absolute Gasteiger partial charge is 0.220 e. The molecule has 2 aliphatic rings. The minimum Gasteiger partial charge on any atom is -0.492 e. The molecular formula is C20H32N4O4S. The Labute approximate surface area is 173 Å². The molecule has 29 heavy (non-hydrogen) atoms. The third kappa shape index (κ3) is 6.67. The van der Waals surface area contributed by atoms with E-state index in [0.29, 0.717) is 39.1 Å². The lowest BCUT2D eigenvalue weighted by Gasteiger charge is -2.32. The Kier molecular flexibility index (Phi) is 7.50. The van der Waals surface area contributed by atoms with Crippen molar-refractivity contribution in [1.29, 1.82) is 0 Å². The molecule has 1 amide bonds. The van der Waals surface area contributed by atoms with Gasteiger partial charge in [-0.1, -0.05) is 12.1 Å². The molecule has 1 fully saturated rings. The summed E-state index contributed by atoms with van der Waals surface area (Å²) in [7, 11) is -1.14. The number of likely N-dealkylation sites (N-methyl/N-ethyl adjacent to an activating group) is 1. The van der Waals surface area contributed by atoms with Crippen molar-refractivity contribution < 1.29 is 17.9 Å². The van der Waals surface area contributed by atoms with Crippen LogP contribution in [0.25, 0.3) is 0 Å². The SMILES string of the molecule is CN1CCN(CCNC(=O)CCc2ccc3c(c2)CN(S(C)(=O)=O)CCO3)CC1. The number of nitrogens with zero attached hydrogens (tertiary/aromatic N) is 3. The molecule has 1 saturated heterocycles. The lowest BCUT2D eigenvalue weighted by atomic mass is 10.1. The molecule has 8 nitrogen and oxygen atoms in total. The summed E-state index contributed by atoms with van der Waals surface area (Å²) in [4.78, 5) is 16.9. The largest absolute Gasteiger partial charge is 0.492 e. The first-order valence-electron chi connectivity index (χ1n) is 10.2. The molecule has 0 aromatic heterocycles. The van der Waals surface area contributed by atoms with Gasteiger partial charge in [-0.3, -0.25) is 9.69 Å². The van der Waals surface area contributed by atoms with Gasteiger partial charge in [0.2, 0.25) is 15.9 Å². The van der Waals surface area contributed by atoms with Crippen LogP contribution >= 0.6 is 0 Å². The topological polar surface area (TPSA) is 82.2 Å². The molecule has 0 bridgehead atoms. The van der Waals surface area contributed by atoms with Gasteiger partial charge >= 0.3 is 0 Å². The predicted molar refractivity (Wildman–Crippen MR) is 112 cm³/mol. The zero-order valence-electron chi connectivity index (χ0n) is 17.4. The van der Waals surface area contributed by atoms with E-state index in [9.17, 15) is 13.2 Å². The van der Waals surface area contributed by atoms with Crippen molar-refractivity contribution >= 4 is 15.9 Å². The number of rotatable bonds is 7. The molecule has 1 aromatic carbocycles. The maximum atomic E-state index is 12.2. The average Bonchev–Trinajstić information content (AvgIpc) is 2.90. The number of carbonyl (C=O) groups is 1. The highest BCUT2D eigenvalue weighted by Crippen LogP contribution is 2.25. The monoisotopic (exact) mass is 424 g/mol. The van der Waals surface area contributed by atoms with Gasteiger partial charge in [0, 0.05) is 64.3 Å². The molecule has 0 atom stereocenters. The van der Waals surface area contributed by atoms with Crippen molar-refractivity contribution in [1.82, 2.24) is 19.4 Å². The van der Waals surface area contributed by atoms with E-state index in [1.165, 1.54) is 10.6 Å². The van der Waals surface area contributed by atoms with E-state index < -0.39 is 10.0 Å². The normalized spacial score (nSPS) is 19.2. The van der Waals surface area contributed by atoms with Crippen LogP contribution in [0.5, 0.6) is 5.75 Å². The molecule has 0 spiro atoms. The fourth-order valence-corrected chi connectivity index (χ4v) is 4.41. The number of aryl methyl sites for hydroxylation is 1. The predicted octanol–water partition coefficient (Wildman–Crippen LogP) is 0.137. The van der Waals surface area contributed by atoms with Crippen LogP contribution in [-0.2, 0) is 27.8 Å². The highest BCUT2D eigenvalue weighted by molar-refractivity contribution is 7.88. The maximum absolute atomic E-state index is 12.2. The first-order valence-corrected chi connectivity index (χ1v) is 12.0. The van der Waals surface area contributed by atoms with Crippen molar-refractivity contribution in [2.24, 2.45) is 0 Å². The maximum Gasteiger partial charge on any atom is 0.220 e. The van der Waals surface area contributed by atoms with E-state index in [0.717, 1.165) is 49.6 Å². The average molecular weight is 425 g/mol. The Morgan fingerprint density at radius 3 is 2.66 bits per heavy atom. The number of ether oxygens (including phenoxy) is 1. The highest BCUT2D eigenvalue weighted by Gasteiger charge is 2.22. The Morgan fingerprint density at radius 2 is 1.93 bits per heavy atom. The van der Waals surface area contributed by atoms with Crippen LogP contribution < -0.4 is 10.1 Å². The van der Waals surface area contributed by atoms with Crippen molar-refractivity contribution in [3.8, 4) is 5.75 Å². The van der Waals surface area contributed by atoms with Crippen LogP contribution in [0.4, 0.5) is 0 Å². The molecule has 0 unspecified atom stereocenters. The molecule has 9 heteroatoms. The second kappa shape index (κ2) is 9.88. The molecule has 2 heterocycles. The molecule has 2 aliphatic heterocycles. The molecule has 162 valence electrons. The first-order chi connectivity index (χ1) is 13.8. The minimum atomic E-state index is -3.27. The van der Waals surface area contributed by atoms with Gasteiger partial charge < -0.3 is 15.0 Å². The van der Waals surface area contributed by atoms with E-state index in [-0.39, 0.29) is 5.91 Å². The van der Waals surface area contributed by atoms with E-state index in [4.69, 9.17) is 4.74 Å². The Bertz CT molecular complexity index is 807. The summed E-state index contributed by atoms with van der Waals surface area (Å²) in [5, 5.41) is 3.00. The Balaban J connectivity index is 1.46. The fraction of sp³-hybridized carbons (Fsp3) is 0.650. The summed E-state index contributed by atoms with van der Waals surface area (Å²) in [5.41, 5.74) is 1.86. The van der Waals surface area contributed by atoms with Crippen LogP contribution in [-0.4, -0.2) is 94.2 Å². The van der Waals surface area contributed by atoms with Gasteiger partial charge in [-0.25, -0.2) is 8.42 Å². The summed E-state index contributed by atoms with van der Waals surface area (Å²) < 4.78 is 30.9. The van der Waals surface area contributed by atoms with Gasteiger partial charge in [-0.2, -0.15) is 4.31 Å². The molecule has 0 aliphatic carbocycles. The molecule has 1 aromatic rings. The number of fused-ring (bicyclic) bond motifs is 1. The van der Waals surface area contributed by atoms with E-state index >= 15 is 0 Å². The third-order valence-electron chi connectivity index (χ3n) is 5.53. The summed E-state index contributed by atoms with van der Waals surface area (Å²) in [6.07, 6.45) is 2.25. The van der Waals surface area contributed by atoms with Crippen LogP contribution in [0.15, 0.2) is 18.2 Å². The van der Waals surface area contributed by atoms with Crippen molar-refractivity contribution in [3.05, 3.63) is 29.3 Å². The van der Waals surface area contributed by atoms with Gasteiger partial charge in [0.1, 0.15) is 12.4 Å². The van der Waals surface area contributed by atoms with Gasteiger partial charge in [0.25, 0.3) is 0 Å². The lowest BCUT2D eigenvalue weighted by molar-refractivity contribution is -0.121. The van der Waals surface area contributed by atoms with Crippen LogP contribution in [0.3, 0.4) is 0 Å². The van der Waals surface area contributed by atoms with Gasteiger partial charge in [0.15, 0.2) is 0 Å². The number of benzene rings is 1.